The van der Waals surface area contributed by atoms with Gasteiger partial charge < -0.3 is 4.57 Å². The van der Waals surface area contributed by atoms with Crippen molar-refractivity contribution in [2.24, 2.45) is 0 Å². The molecule has 0 amide bonds. The van der Waals surface area contributed by atoms with Crippen molar-refractivity contribution in [2.45, 2.75) is 19.9 Å². The number of thiophene rings is 1. The summed E-state index contributed by atoms with van der Waals surface area (Å²) < 4.78 is 2.18. The van der Waals surface area contributed by atoms with Crippen molar-refractivity contribution in [1.82, 2.24) is 9.55 Å². The largest absolute Gasteiger partial charge is 0.323 e. The normalized spacial score (nSPS) is 11.4. The Morgan fingerprint density at radius 2 is 1.95 bits per heavy atom. The van der Waals surface area contributed by atoms with E-state index < -0.39 is 0 Å². The number of aryl methyl sites for hydroxylation is 2. The number of halogens is 3. The van der Waals surface area contributed by atoms with Crippen LogP contribution in [0.5, 0.6) is 0 Å². The van der Waals surface area contributed by atoms with Crippen molar-refractivity contribution in [2.75, 3.05) is 5.88 Å². The third-order valence-corrected chi connectivity index (χ3v) is 5.30. The second-order valence-corrected chi connectivity index (χ2v) is 6.82. The van der Waals surface area contributed by atoms with Crippen LogP contribution in [-0.2, 0) is 13.0 Å². The maximum absolute atomic E-state index is 6.16. The molecule has 0 aliphatic rings. The fraction of sp³-hybridized carbons (Fsp3) is 0.267. The standard InChI is InChI=1S/C15H13Cl3N2S/c1-9-7-21-8-10(9)6-20-14-5-12(18)11(17)4-13(14)19-15(20)2-3-16/h4-5,7-8H,2-3,6H2,1H3. The van der Waals surface area contributed by atoms with Crippen LogP contribution >= 0.6 is 46.1 Å². The second kappa shape index (κ2) is 6.17. The van der Waals surface area contributed by atoms with Crippen LogP contribution in [0, 0.1) is 6.92 Å². The van der Waals surface area contributed by atoms with Crippen molar-refractivity contribution >= 4 is 57.2 Å². The summed E-state index contributed by atoms with van der Waals surface area (Å²) in [6, 6.07) is 3.69. The van der Waals surface area contributed by atoms with E-state index in [2.05, 4.69) is 27.2 Å². The van der Waals surface area contributed by atoms with E-state index in [9.17, 15) is 0 Å². The van der Waals surface area contributed by atoms with Crippen molar-refractivity contribution in [3.63, 3.8) is 0 Å². The minimum atomic E-state index is 0.526. The lowest BCUT2D eigenvalue weighted by atomic mass is 10.2. The van der Waals surface area contributed by atoms with Gasteiger partial charge in [-0.05, 0) is 40.9 Å². The minimum Gasteiger partial charge on any atom is -0.323 e. The predicted molar refractivity (Wildman–Crippen MR) is 92.3 cm³/mol. The predicted octanol–water partition coefficient (Wildman–Crippen LogP) is 5.54. The van der Waals surface area contributed by atoms with Crippen LogP contribution in [0.15, 0.2) is 22.9 Å². The molecule has 2 nitrogen and oxygen atoms in total. The molecule has 0 spiro atoms. The van der Waals surface area contributed by atoms with E-state index in [0.29, 0.717) is 22.3 Å². The van der Waals surface area contributed by atoms with Crippen molar-refractivity contribution in [3.05, 3.63) is 49.9 Å². The topological polar surface area (TPSA) is 17.8 Å². The molecule has 0 aliphatic carbocycles. The van der Waals surface area contributed by atoms with Gasteiger partial charge in [-0.1, -0.05) is 23.2 Å². The highest BCUT2D eigenvalue weighted by molar-refractivity contribution is 7.08. The Balaban J connectivity index is 2.15. The van der Waals surface area contributed by atoms with E-state index in [1.54, 1.807) is 11.3 Å². The van der Waals surface area contributed by atoms with Gasteiger partial charge in [-0.25, -0.2) is 4.98 Å². The first-order valence-corrected chi connectivity index (χ1v) is 8.75. The zero-order chi connectivity index (χ0) is 15.0. The molecule has 0 fully saturated rings. The number of rotatable bonds is 4. The molecule has 110 valence electrons. The van der Waals surface area contributed by atoms with Crippen molar-refractivity contribution in [1.29, 1.82) is 0 Å². The second-order valence-electron chi connectivity index (χ2n) is 4.89. The molecular weight excluding hydrogens is 347 g/mol. The zero-order valence-electron chi connectivity index (χ0n) is 11.4. The van der Waals surface area contributed by atoms with Gasteiger partial charge in [0.1, 0.15) is 5.82 Å². The SMILES string of the molecule is Cc1cscc1Cn1c(CCCl)nc2cc(Cl)c(Cl)cc21. The summed E-state index contributed by atoms with van der Waals surface area (Å²) in [7, 11) is 0. The molecule has 3 rings (SSSR count). The molecule has 1 aromatic carbocycles. The minimum absolute atomic E-state index is 0.526. The molecule has 2 heterocycles. The summed E-state index contributed by atoms with van der Waals surface area (Å²) in [5.41, 5.74) is 4.44. The maximum Gasteiger partial charge on any atom is 0.111 e. The molecule has 3 aromatic rings. The van der Waals surface area contributed by atoms with Gasteiger partial charge in [0.25, 0.3) is 0 Å². The third kappa shape index (κ3) is 2.93. The fourth-order valence-electron chi connectivity index (χ4n) is 2.34. The van der Waals surface area contributed by atoms with Gasteiger partial charge in [0.05, 0.1) is 27.6 Å². The number of alkyl halides is 1. The van der Waals surface area contributed by atoms with Crippen LogP contribution < -0.4 is 0 Å². The Labute approximate surface area is 142 Å². The van der Waals surface area contributed by atoms with E-state index >= 15 is 0 Å². The molecule has 0 aliphatic heterocycles. The number of nitrogens with zero attached hydrogens (tertiary/aromatic N) is 2. The lowest BCUT2D eigenvalue weighted by molar-refractivity contribution is 0.753. The number of aromatic nitrogens is 2. The summed E-state index contributed by atoms with van der Waals surface area (Å²) in [4.78, 5) is 4.65. The van der Waals surface area contributed by atoms with Crippen LogP contribution in [0.3, 0.4) is 0 Å². The molecule has 0 atom stereocenters. The van der Waals surface area contributed by atoms with Gasteiger partial charge in [0, 0.05) is 12.3 Å². The Morgan fingerprint density at radius 3 is 2.62 bits per heavy atom. The quantitative estimate of drug-likeness (QED) is 0.559. The summed E-state index contributed by atoms with van der Waals surface area (Å²) in [6.07, 6.45) is 0.717. The fourth-order valence-corrected chi connectivity index (χ4v) is 3.67. The summed E-state index contributed by atoms with van der Waals surface area (Å²) >= 11 is 19.9. The number of hydrogen-bond donors (Lipinski definition) is 0. The number of hydrogen-bond acceptors (Lipinski definition) is 2. The zero-order valence-corrected chi connectivity index (χ0v) is 14.5. The lowest BCUT2D eigenvalue weighted by Crippen LogP contribution is -2.06. The van der Waals surface area contributed by atoms with Crippen LogP contribution in [-0.4, -0.2) is 15.4 Å². The van der Waals surface area contributed by atoms with Gasteiger partial charge >= 0.3 is 0 Å². The summed E-state index contributed by atoms with van der Waals surface area (Å²) in [6.45, 7) is 2.89. The van der Waals surface area contributed by atoms with Crippen LogP contribution in [0.25, 0.3) is 11.0 Å². The first-order chi connectivity index (χ1) is 10.1. The average molecular weight is 360 g/mol. The molecule has 0 unspecified atom stereocenters. The highest BCUT2D eigenvalue weighted by Gasteiger charge is 2.14. The Hall–Kier alpha value is -0.740. The Morgan fingerprint density at radius 1 is 1.19 bits per heavy atom. The molecule has 0 saturated heterocycles. The average Bonchev–Trinajstić information content (AvgIpc) is 2.98. The molecule has 2 aromatic heterocycles. The lowest BCUT2D eigenvalue weighted by Gasteiger charge is -2.09. The van der Waals surface area contributed by atoms with Gasteiger partial charge in [0.15, 0.2) is 0 Å². The van der Waals surface area contributed by atoms with Gasteiger partial charge in [0.2, 0.25) is 0 Å². The van der Waals surface area contributed by atoms with E-state index in [1.807, 2.05) is 12.1 Å². The number of fused-ring (bicyclic) bond motifs is 1. The van der Waals surface area contributed by atoms with Crippen molar-refractivity contribution in [3.8, 4) is 0 Å². The number of benzene rings is 1. The van der Waals surface area contributed by atoms with E-state index in [-0.39, 0.29) is 0 Å². The molecule has 0 N–H and O–H groups in total. The van der Waals surface area contributed by atoms with E-state index in [4.69, 9.17) is 34.8 Å². The van der Waals surface area contributed by atoms with Gasteiger partial charge in [-0.15, -0.1) is 11.6 Å². The molecule has 0 radical (unpaired) electrons. The van der Waals surface area contributed by atoms with Crippen molar-refractivity contribution < 1.29 is 0 Å². The van der Waals surface area contributed by atoms with Crippen LogP contribution in [0.1, 0.15) is 17.0 Å². The first kappa shape index (κ1) is 15.2. The molecule has 6 heteroatoms. The molecule has 0 saturated carbocycles. The van der Waals surface area contributed by atoms with E-state index in [0.717, 1.165) is 23.4 Å². The first-order valence-electron chi connectivity index (χ1n) is 6.52. The monoisotopic (exact) mass is 358 g/mol. The summed E-state index contributed by atoms with van der Waals surface area (Å²) in [5, 5.41) is 5.39. The highest BCUT2D eigenvalue weighted by atomic mass is 35.5. The molecule has 0 bridgehead atoms. The molecule has 21 heavy (non-hydrogen) atoms. The Bertz CT molecular complexity index is 792. The smallest absolute Gasteiger partial charge is 0.111 e. The number of imidazole rings is 1. The van der Waals surface area contributed by atoms with Crippen LogP contribution in [0.2, 0.25) is 10.0 Å². The van der Waals surface area contributed by atoms with Gasteiger partial charge in [-0.2, -0.15) is 11.3 Å². The van der Waals surface area contributed by atoms with Crippen LogP contribution in [0.4, 0.5) is 0 Å². The van der Waals surface area contributed by atoms with Gasteiger partial charge in [-0.3, -0.25) is 0 Å². The van der Waals surface area contributed by atoms with E-state index in [1.165, 1.54) is 11.1 Å². The Kier molecular flexibility index (Phi) is 4.46. The highest BCUT2D eigenvalue weighted by Crippen LogP contribution is 2.29. The summed E-state index contributed by atoms with van der Waals surface area (Å²) in [5.74, 6) is 1.50. The third-order valence-electron chi connectivity index (χ3n) is 3.48. The maximum atomic E-state index is 6.16. The molecular formula is C15H13Cl3N2S.